The topological polar surface area (TPSA) is 66.8 Å². The van der Waals surface area contributed by atoms with Gasteiger partial charge in [0.15, 0.2) is 0 Å². The summed E-state index contributed by atoms with van der Waals surface area (Å²) in [5.41, 5.74) is 0.554. The fourth-order valence-electron chi connectivity index (χ4n) is 3.44. The number of carbonyl (C=O) groups excluding carboxylic acids is 2. The Morgan fingerprint density at radius 3 is 2.66 bits per heavy atom. The van der Waals surface area contributed by atoms with Gasteiger partial charge in [-0.2, -0.15) is 0 Å². The van der Waals surface area contributed by atoms with Crippen molar-refractivity contribution in [3.05, 3.63) is 79.7 Å². The van der Waals surface area contributed by atoms with Crippen molar-refractivity contribution in [3.63, 3.8) is 0 Å². The molecule has 5 nitrogen and oxygen atoms in total. The van der Waals surface area contributed by atoms with Gasteiger partial charge in [-0.3, -0.25) is 9.59 Å². The molecule has 148 valence electrons. The smallest absolute Gasteiger partial charge is 0.296 e. The molecule has 1 amide bonds. The number of aryl methyl sites for hydroxylation is 1. The highest BCUT2D eigenvalue weighted by atomic mass is 32.1. The molecular weight excluding hydrogens is 406 g/mol. The normalized spacial score (nSPS) is 18.4. The van der Waals surface area contributed by atoms with Gasteiger partial charge in [0.2, 0.25) is 0 Å². The largest absolute Gasteiger partial charge is 0.507 e. The van der Waals surface area contributed by atoms with Gasteiger partial charge in [0.05, 0.1) is 19.2 Å². The Labute approximate surface area is 176 Å². The molecule has 0 saturated carbocycles. The summed E-state index contributed by atoms with van der Waals surface area (Å²) >= 11 is 3.05. The molecule has 1 aromatic carbocycles. The third-order valence-electron chi connectivity index (χ3n) is 4.82. The van der Waals surface area contributed by atoms with Gasteiger partial charge in [-0.1, -0.05) is 18.2 Å². The van der Waals surface area contributed by atoms with Crippen LogP contribution in [0.5, 0.6) is 5.75 Å². The van der Waals surface area contributed by atoms with Gasteiger partial charge in [0, 0.05) is 20.2 Å². The number of nitrogens with zero attached hydrogens (tertiary/aromatic N) is 1. The minimum atomic E-state index is -0.669. The number of aliphatic hydroxyl groups excluding tert-OH is 1. The quantitative estimate of drug-likeness (QED) is 0.364. The Balaban J connectivity index is 1.86. The van der Waals surface area contributed by atoms with Crippen molar-refractivity contribution < 1.29 is 19.4 Å². The van der Waals surface area contributed by atoms with Crippen molar-refractivity contribution in [1.82, 2.24) is 4.90 Å². The number of methoxy groups -OCH3 is 1. The highest BCUT2D eigenvalue weighted by Gasteiger charge is 2.46. The highest BCUT2D eigenvalue weighted by molar-refractivity contribution is 7.12. The number of aliphatic hydroxyl groups is 1. The van der Waals surface area contributed by atoms with Crippen LogP contribution < -0.4 is 4.74 Å². The number of ketones is 1. The molecule has 1 N–H and O–H groups in total. The Morgan fingerprint density at radius 1 is 1.17 bits per heavy atom. The molecule has 0 spiro atoms. The number of benzene rings is 1. The molecule has 7 heteroatoms. The molecule has 1 aliphatic heterocycles. The van der Waals surface area contributed by atoms with Gasteiger partial charge in [-0.15, -0.1) is 22.7 Å². The van der Waals surface area contributed by atoms with Crippen molar-refractivity contribution in [1.29, 1.82) is 0 Å². The lowest BCUT2D eigenvalue weighted by Crippen LogP contribution is -2.28. The van der Waals surface area contributed by atoms with Crippen LogP contribution in [0.25, 0.3) is 5.76 Å². The highest BCUT2D eigenvalue weighted by Crippen LogP contribution is 2.43. The molecule has 2 aromatic heterocycles. The van der Waals surface area contributed by atoms with E-state index in [0.717, 1.165) is 14.6 Å². The number of rotatable bonds is 5. The van der Waals surface area contributed by atoms with E-state index in [1.807, 2.05) is 36.6 Å². The monoisotopic (exact) mass is 425 g/mol. The van der Waals surface area contributed by atoms with E-state index in [1.54, 1.807) is 29.2 Å². The van der Waals surface area contributed by atoms with Gasteiger partial charge in [-0.05, 0) is 42.6 Å². The van der Waals surface area contributed by atoms with Gasteiger partial charge < -0.3 is 14.7 Å². The second kappa shape index (κ2) is 7.85. The molecule has 0 radical (unpaired) electrons. The molecule has 1 saturated heterocycles. The molecule has 4 rings (SSSR count). The van der Waals surface area contributed by atoms with Gasteiger partial charge >= 0.3 is 0 Å². The van der Waals surface area contributed by atoms with Crippen LogP contribution in [-0.4, -0.2) is 28.8 Å². The second-order valence-corrected chi connectivity index (χ2v) is 9.04. The van der Waals surface area contributed by atoms with Crippen molar-refractivity contribution in [2.45, 2.75) is 19.5 Å². The average Bonchev–Trinajstić information content (AvgIpc) is 3.45. The first-order chi connectivity index (χ1) is 14.0. The molecule has 29 heavy (non-hydrogen) atoms. The van der Waals surface area contributed by atoms with E-state index in [4.69, 9.17) is 4.74 Å². The summed E-state index contributed by atoms with van der Waals surface area (Å²) in [6, 6.07) is 13.9. The SMILES string of the molecule is COc1cccc(/C(O)=C2\C(=O)C(=O)N(Cc3cccs3)C2c2ccc(C)s2)c1. The molecule has 1 atom stereocenters. The number of amides is 1. The molecule has 3 aromatic rings. The lowest BCUT2D eigenvalue weighted by atomic mass is 9.99. The van der Waals surface area contributed by atoms with E-state index in [2.05, 4.69) is 0 Å². The number of ether oxygens (including phenoxy) is 1. The molecule has 1 fully saturated rings. The van der Waals surface area contributed by atoms with Crippen molar-refractivity contribution in [3.8, 4) is 5.75 Å². The molecule has 0 bridgehead atoms. The number of Topliss-reactive ketones (excluding diaryl/α,β-unsaturated/α-hetero) is 1. The number of thiophene rings is 2. The van der Waals surface area contributed by atoms with Crippen molar-refractivity contribution >= 4 is 40.1 Å². The summed E-state index contributed by atoms with van der Waals surface area (Å²) in [5.74, 6) is -0.894. The minimum absolute atomic E-state index is 0.113. The Bertz CT molecular complexity index is 1100. The van der Waals surface area contributed by atoms with E-state index in [-0.39, 0.29) is 11.3 Å². The third-order valence-corrected chi connectivity index (χ3v) is 6.73. The molecule has 3 heterocycles. The number of likely N-dealkylation sites (tertiary alicyclic amines) is 1. The lowest BCUT2D eigenvalue weighted by Gasteiger charge is -2.23. The van der Waals surface area contributed by atoms with Crippen LogP contribution >= 0.6 is 22.7 Å². The van der Waals surface area contributed by atoms with Crippen LogP contribution in [0.15, 0.2) is 59.5 Å². The first kappa shape index (κ1) is 19.4. The van der Waals surface area contributed by atoms with Crippen LogP contribution in [-0.2, 0) is 16.1 Å². The molecule has 1 aliphatic rings. The minimum Gasteiger partial charge on any atom is -0.507 e. The Kier molecular flexibility index (Phi) is 5.25. The number of carbonyl (C=O) groups is 2. The summed E-state index contributed by atoms with van der Waals surface area (Å²) in [6.07, 6.45) is 0. The summed E-state index contributed by atoms with van der Waals surface area (Å²) < 4.78 is 5.23. The summed E-state index contributed by atoms with van der Waals surface area (Å²) in [4.78, 5) is 30.3. The van der Waals surface area contributed by atoms with E-state index in [1.165, 1.54) is 29.8 Å². The maximum Gasteiger partial charge on any atom is 0.296 e. The lowest BCUT2D eigenvalue weighted by molar-refractivity contribution is -0.140. The van der Waals surface area contributed by atoms with E-state index < -0.39 is 17.7 Å². The molecule has 1 unspecified atom stereocenters. The number of hydrogen-bond acceptors (Lipinski definition) is 6. The van der Waals surface area contributed by atoms with Crippen LogP contribution in [0.3, 0.4) is 0 Å². The van der Waals surface area contributed by atoms with Crippen LogP contribution in [0, 0.1) is 6.92 Å². The van der Waals surface area contributed by atoms with Crippen molar-refractivity contribution in [2.24, 2.45) is 0 Å². The zero-order valence-electron chi connectivity index (χ0n) is 15.9. The maximum atomic E-state index is 13.0. The predicted octanol–water partition coefficient (Wildman–Crippen LogP) is 4.75. The fourth-order valence-corrected chi connectivity index (χ4v) is 5.14. The summed E-state index contributed by atoms with van der Waals surface area (Å²) in [7, 11) is 1.54. The second-order valence-electron chi connectivity index (χ2n) is 6.69. The van der Waals surface area contributed by atoms with Gasteiger partial charge in [-0.25, -0.2) is 0 Å². The van der Waals surface area contributed by atoms with Crippen molar-refractivity contribution in [2.75, 3.05) is 7.11 Å². The zero-order valence-corrected chi connectivity index (χ0v) is 17.5. The fraction of sp³-hybridized carbons (Fsp3) is 0.182. The summed E-state index contributed by atoms with van der Waals surface area (Å²) in [5, 5.41) is 13.0. The van der Waals surface area contributed by atoms with Crippen LogP contribution in [0.2, 0.25) is 0 Å². The maximum absolute atomic E-state index is 13.0. The predicted molar refractivity (Wildman–Crippen MR) is 114 cm³/mol. The Hall–Kier alpha value is -2.90. The first-order valence-corrected chi connectivity index (χ1v) is 10.7. The molecular formula is C22H19NO4S2. The van der Waals surface area contributed by atoms with E-state index >= 15 is 0 Å². The van der Waals surface area contributed by atoms with E-state index in [0.29, 0.717) is 17.9 Å². The number of hydrogen-bond donors (Lipinski definition) is 1. The van der Waals surface area contributed by atoms with Crippen LogP contribution in [0.4, 0.5) is 0 Å². The van der Waals surface area contributed by atoms with Gasteiger partial charge in [0.25, 0.3) is 11.7 Å². The summed E-state index contributed by atoms with van der Waals surface area (Å²) in [6.45, 7) is 2.29. The third kappa shape index (κ3) is 3.59. The molecule has 0 aliphatic carbocycles. The Morgan fingerprint density at radius 2 is 2.00 bits per heavy atom. The van der Waals surface area contributed by atoms with E-state index in [9.17, 15) is 14.7 Å². The standard InChI is InChI=1S/C22H19NO4S2/c1-13-8-9-17(29-13)19-18(20(24)14-5-3-6-15(11-14)27-2)21(25)22(26)23(19)12-16-7-4-10-28-16/h3-11,19,24H,12H2,1-2H3/b20-18+. The first-order valence-electron chi connectivity index (χ1n) is 9.01. The zero-order chi connectivity index (χ0) is 20.5. The average molecular weight is 426 g/mol. The van der Waals surface area contributed by atoms with Gasteiger partial charge in [0.1, 0.15) is 17.6 Å². The van der Waals surface area contributed by atoms with Crippen LogP contribution in [0.1, 0.15) is 26.2 Å².